The van der Waals surface area contributed by atoms with Gasteiger partial charge in [-0.15, -0.1) is 0 Å². The highest BCUT2D eigenvalue weighted by molar-refractivity contribution is 7.92. The maximum Gasteiger partial charge on any atom is 0.241 e. The van der Waals surface area contributed by atoms with Gasteiger partial charge in [0.2, 0.25) is 15.9 Å². The Kier molecular flexibility index (Phi) is 8.32. The number of para-hydroxylation sites is 1. The molecular formula is C25H28N2O5S. The van der Waals surface area contributed by atoms with E-state index >= 15 is 0 Å². The zero-order valence-electron chi connectivity index (χ0n) is 18.7. The second-order valence-corrected chi connectivity index (χ2v) is 9.26. The van der Waals surface area contributed by atoms with E-state index in [9.17, 15) is 13.2 Å². The molecule has 3 aromatic carbocycles. The summed E-state index contributed by atoms with van der Waals surface area (Å²) < 4.78 is 37.1. The summed E-state index contributed by atoms with van der Waals surface area (Å²) in [4.78, 5) is 12.6. The highest BCUT2D eigenvalue weighted by Gasteiger charge is 2.21. The van der Waals surface area contributed by atoms with E-state index in [-0.39, 0.29) is 13.1 Å². The zero-order valence-corrected chi connectivity index (χ0v) is 19.5. The molecule has 0 spiro atoms. The van der Waals surface area contributed by atoms with Crippen LogP contribution >= 0.6 is 0 Å². The first kappa shape index (κ1) is 24.1. The van der Waals surface area contributed by atoms with Crippen LogP contribution in [0.4, 0.5) is 5.69 Å². The van der Waals surface area contributed by atoms with Gasteiger partial charge in [-0.1, -0.05) is 48.5 Å². The van der Waals surface area contributed by atoms with Crippen LogP contribution in [0.2, 0.25) is 0 Å². The summed E-state index contributed by atoms with van der Waals surface area (Å²) in [6.07, 6.45) is 1.07. The van der Waals surface area contributed by atoms with Gasteiger partial charge in [0, 0.05) is 12.1 Å². The van der Waals surface area contributed by atoms with Gasteiger partial charge < -0.3 is 14.8 Å². The molecule has 0 radical (unpaired) electrons. The van der Waals surface area contributed by atoms with Crippen molar-refractivity contribution >= 4 is 21.6 Å². The van der Waals surface area contributed by atoms with Gasteiger partial charge in [0.05, 0.1) is 18.6 Å². The third kappa shape index (κ3) is 7.25. The molecule has 33 heavy (non-hydrogen) atoms. The van der Waals surface area contributed by atoms with Crippen molar-refractivity contribution in [3.05, 3.63) is 90.0 Å². The van der Waals surface area contributed by atoms with Crippen LogP contribution in [0.5, 0.6) is 11.5 Å². The molecule has 3 aromatic rings. The molecular weight excluding hydrogens is 440 g/mol. The Morgan fingerprint density at radius 2 is 1.58 bits per heavy atom. The number of benzene rings is 3. The van der Waals surface area contributed by atoms with Gasteiger partial charge in [-0.25, -0.2) is 8.42 Å². The van der Waals surface area contributed by atoms with E-state index in [4.69, 9.17) is 9.47 Å². The SMILES string of the molecule is CCOc1ccccc1CNC(=O)CN(c1ccc(OCc2ccccc2)cc1)S(C)(=O)=O. The number of ether oxygens (including phenoxy) is 2. The van der Waals surface area contributed by atoms with Crippen LogP contribution < -0.4 is 19.1 Å². The Hall–Kier alpha value is -3.52. The molecule has 3 rings (SSSR count). The zero-order chi connectivity index (χ0) is 23.7. The first-order valence-corrected chi connectivity index (χ1v) is 12.4. The maximum atomic E-state index is 12.6. The lowest BCUT2D eigenvalue weighted by molar-refractivity contribution is -0.119. The van der Waals surface area contributed by atoms with Crippen molar-refractivity contribution in [2.75, 3.05) is 23.7 Å². The number of sulfonamides is 1. The van der Waals surface area contributed by atoms with Crippen molar-refractivity contribution in [2.45, 2.75) is 20.1 Å². The summed E-state index contributed by atoms with van der Waals surface area (Å²) in [5.41, 5.74) is 2.23. The van der Waals surface area contributed by atoms with Gasteiger partial charge in [0.25, 0.3) is 0 Å². The number of amides is 1. The summed E-state index contributed by atoms with van der Waals surface area (Å²) in [5.74, 6) is 0.871. The van der Waals surface area contributed by atoms with E-state index in [1.165, 1.54) is 0 Å². The molecule has 0 saturated heterocycles. The first-order chi connectivity index (χ1) is 15.9. The molecule has 0 unspecified atom stereocenters. The minimum absolute atomic E-state index is 0.235. The lowest BCUT2D eigenvalue weighted by Gasteiger charge is -2.22. The molecule has 0 aliphatic rings. The highest BCUT2D eigenvalue weighted by atomic mass is 32.2. The van der Waals surface area contributed by atoms with Gasteiger partial charge in [0.15, 0.2) is 0 Å². The topological polar surface area (TPSA) is 84.9 Å². The molecule has 8 heteroatoms. The smallest absolute Gasteiger partial charge is 0.241 e. The number of hydrogen-bond donors (Lipinski definition) is 1. The molecule has 0 aliphatic heterocycles. The molecule has 174 valence electrons. The monoisotopic (exact) mass is 468 g/mol. The molecule has 0 aromatic heterocycles. The van der Waals surface area contributed by atoms with Gasteiger partial charge in [-0.2, -0.15) is 0 Å². The summed E-state index contributed by atoms with van der Waals surface area (Å²) >= 11 is 0. The largest absolute Gasteiger partial charge is 0.494 e. The fraction of sp³-hybridized carbons (Fsp3) is 0.240. The third-order valence-electron chi connectivity index (χ3n) is 4.81. The predicted molar refractivity (Wildman–Crippen MR) is 129 cm³/mol. The third-order valence-corrected chi connectivity index (χ3v) is 5.95. The Labute approximate surface area is 195 Å². The van der Waals surface area contributed by atoms with Crippen LogP contribution in [0, 0.1) is 0 Å². The van der Waals surface area contributed by atoms with E-state index in [1.54, 1.807) is 24.3 Å². The molecule has 0 bridgehead atoms. The molecule has 0 fully saturated rings. The number of nitrogens with one attached hydrogen (secondary N) is 1. The first-order valence-electron chi connectivity index (χ1n) is 10.6. The van der Waals surface area contributed by atoms with Crippen LogP contribution in [0.3, 0.4) is 0 Å². The lowest BCUT2D eigenvalue weighted by Crippen LogP contribution is -2.40. The maximum absolute atomic E-state index is 12.6. The Balaban J connectivity index is 1.63. The second kappa shape index (κ2) is 11.4. The minimum Gasteiger partial charge on any atom is -0.494 e. The van der Waals surface area contributed by atoms with Gasteiger partial charge in [-0.05, 0) is 42.8 Å². The van der Waals surface area contributed by atoms with Crippen molar-refractivity contribution < 1.29 is 22.7 Å². The van der Waals surface area contributed by atoms with Gasteiger partial charge in [-0.3, -0.25) is 9.10 Å². The number of carbonyl (C=O) groups is 1. The van der Waals surface area contributed by atoms with E-state index in [2.05, 4.69) is 5.32 Å². The Bertz CT molecular complexity index is 1150. The van der Waals surface area contributed by atoms with Crippen molar-refractivity contribution in [1.82, 2.24) is 5.32 Å². The number of nitrogens with zero attached hydrogens (tertiary/aromatic N) is 1. The average Bonchev–Trinajstić information content (AvgIpc) is 2.81. The fourth-order valence-corrected chi connectivity index (χ4v) is 4.03. The van der Waals surface area contributed by atoms with Crippen molar-refractivity contribution in [1.29, 1.82) is 0 Å². The molecule has 1 N–H and O–H groups in total. The van der Waals surface area contributed by atoms with E-state index in [0.717, 1.165) is 21.7 Å². The lowest BCUT2D eigenvalue weighted by atomic mass is 10.2. The summed E-state index contributed by atoms with van der Waals surface area (Å²) in [6.45, 7) is 2.70. The average molecular weight is 469 g/mol. The van der Waals surface area contributed by atoms with Gasteiger partial charge >= 0.3 is 0 Å². The minimum atomic E-state index is -3.67. The quantitative estimate of drug-likeness (QED) is 0.463. The molecule has 0 saturated carbocycles. The summed E-state index contributed by atoms with van der Waals surface area (Å²) in [5, 5.41) is 2.77. The van der Waals surface area contributed by atoms with Crippen LogP contribution in [-0.2, 0) is 28.0 Å². The summed E-state index contributed by atoms with van der Waals surface area (Å²) in [7, 11) is -3.67. The standard InChI is InChI=1S/C25H28N2O5S/c1-3-31-24-12-8-7-11-21(24)17-26-25(28)18-27(33(2,29)30)22-13-15-23(16-14-22)32-19-20-9-5-4-6-10-20/h4-16H,3,17-19H2,1-2H3,(H,26,28). The molecule has 0 aliphatic carbocycles. The Morgan fingerprint density at radius 3 is 2.24 bits per heavy atom. The number of carbonyl (C=O) groups excluding carboxylic acids is 1. The van der Waals surface area contributed by atoms with Crippen LogP contribution in [-0.4, -0.2) is 33.7 Å². The molecule has 1 amide bonds. The predicted octanol–water partition coefficient (Wildman–Crippen LogP) is 3.75. The second-order valence-electron chi connectivity index (χ2n) is 7.36. The van der Waals surface area contributed by atoms with Crippen LogP contribution in [0.25, 0.3) is 0 Å². The van der Waals surface area contributed by atoms with Crippen LogP contribution in [0.15, 0.2) is 78.9 Å². The van der Waals surface area contributed by atoms with E-state index < -0.39 is 15.9 Å². The van der Waals surface area contributed by atoms with Gasteiger partial charge in [0.1, 0.15) is 24.7 Å². The normalized spacial score (nSPS) is 11.0. The number of rotatable bonds is 11. The van der Waals surface area contributed by atoms with E-state index in [0.29, 0.717) is 30.4 Å². The number of anilines is 1. The molecule has 7 nitrogen and oxygen atoms in total. The highest BCUT2D eigenvalue weighted by Crippen LogP contribution is 2.22. The van der Waals surface area contributed by atoms with E-state index in [1.807, 2.05) is 61.5 Å². The molecule has 0 atom stereocenters. The van der Waals surface area contributed by atoms with Crippen LogP contribution in [0.1, 0.15) is 18.1 Å². The fourth-order valence-electron chi connectivity index (χ4n) is 3.18. The van der Waals surface area contributed by atoms with Crippen molar-refractivity contribution in [2.24, 2.45) is 0 Å². The van der Waals surface area contributed by atoms with Crippen molar-refractivity contribution in [3.63, 3.8) is 0 Å². The molecule has 0 heterocycles. The van der Waals surface area contributed by atoms with Crippen molar-refractivity contribution in [3.8, 4) is 11.5 Å². The Morgan fingerprint density at radius 1 is 0.909 bits per heavy atom. The number of hydrogen-bond acceptors (Lipinski definition) is 5. The summed E-state index contributed by atoms with van der Waals surface area (Å²) in [6, 6.07) is 23.8.